The standard InChI is InChI=1S/C34H33N5O4/c1-41-27-11-7-10-26(21-27)39-22-28(25-8-5-4-6-9-25)32-33(35-23-36-34(32)39)38-18-16-37(17-19-38)31(40)15-13-24-12-14-29(42-2)30(20-24)43-3/h4-15,20-23H,16-19H2,1-3H3/b15-13+. The molecule has 0 N–H and O–H groups in total. The summed E-state index contributed by atoms with van der Waals surface area (Å²) in [6, 6.07) is 23.8. The van der Waals surface area contributed by atoms with Crippen LogP contribution in [0.4, 0.5) is 5.82 Å². The largest absolute Gasteiger partial charge is 0.497 e. The van der Waals surface area contributed by atoms with Gasteiger partial charge in [0, 0.05) is 50.1 Å². The number of carbonyl (C=O) groups is 1. The molecule has 3 aromatic carbocycles. The highest BCUT2D eigenvalue weighted by atomic mass is 16.5. The number of anilines is 1. The van der Waals surface area contributed by atoms with Crippen molar-refractivity contribution in [3.8, 4) is 34.1 Å². The van der Waals surface area contributed by atoms with Gasteiger partial charge in [0.05, 0.1) is 32.4 Å². The molecule has 1 aliphatic heterocycles. The number of methoxy groups -OCH3 is 3. The highest BCUT2D eigenvalue weighted by Crippen LogP contribution is 2.37. The van der Waals surface area contributed by atoms with Gasteiger partial charge < -0.3 is 28.6 Å². The molecule has 0 saturated carbocycles. The Labute approximate surface area is 250 Å². The SMILES string of the molecule is COc1cccc(-n2cc(-c3ccccc3)c3c(N4CCN(C(=O)/C=C/c5ccc(OC)c(OC)c5)CC4)ncnc32)c1. The molecule has 0 atom stereocenters. The second kappa shape index (κ2) is 12.3. The zero-order valence-electron chi connectivity index (χ0n) is 24.4. The smallest absolute Gasteiger partial charge is 0.246 e. The van der Waals surface area contributed by atoms with Gasteiger partial charge in [-0.15, -0.1) is 0 Å². The van der Waals surface area contributed by atoms with Crippen LogP contribution in [-0.4, -0.2) is 72.9 Å². The predicted octanol–water partition coefficient (Wildman–Crippen LogP) is 5.48. The Morgan fingerprint density at radius 1 is 0.814 bits per heavy atom. The quantitative estimate of drug-likeness (QED) is 0.227. The van der Waals surface area contributed by atoms with E-state index in [1.54, 1.807) is 39.8 Å². The van der Waals surface area contributed by atoms with E-state index >= 15 is 0 Å². The summed E-state index contributed by atoms with van der Waals surface area (Å²) in [7, 11) is 4.86. The van der Waals surface area contributed by atoms with Crippen LogP contribution in [0.25, 0.3) is 33.9 Å². The van der Waals surface area contributed by atoms with Crippen molar-refractivity contribution in [2.24, 2.45) is 0 Å². The average Bonchev–Trinajstić information content (AvgIpc) is 3.47. The minimum absolute atomic E-state index is 0.0311. The molecular weight excluding hydrogens is 542 g/mol. The Bertz CT molecular complexity index is 1770. The Balaban J connectivity index is 1.27. The third-order valence-corrected chi connectivity index (χ3v) is 7.70. The van der Waals surface area contributed by atoms with Crippen LogP contribution in [-0.2, 0) is 4.79 Å². The third-order valence-electron chi connectivity index (χ3n) is 7.70. The van der Waals surface area contributed by atoms with Crippen molar-refractivity contribution in [2.45, 2.75) is 0 Å². The zero-order valence-corrected chi connectivity index (χ0v) is 24.4. The summed E-state index contributed by atoms with van der Waals surface area (Å²) < 4.78 is 18.3. The van der Waals surface area contributed by atoms with Gasteiger partial charge in [-0.25, -0.2) is 9.97 Å². The van der Waals surface area contributed by atoms with Gasteiger partial charge in [0.2, 0.25) is 5.91 Å². The summed E-state index contributed by atoms with van der Waals surface area (Å²) in [6.07, 6.45) is 7.15. The molecule has 1 aliphatic rings. The number of carbonyl (C=O) groups excluding carboxylic acids is 1. The zero-order chi connectivity index (χ0) is 29.8. The van der Waals surface area contributed by atoms with Crippen LogP contribution >= 0.6 is 0 Å². The second-order valence-corrected chi connectivity index (χ2v) is 10.1. The second-order valence-electron chi connectivity index (χ2n) is 10.1. The van der Waals surface area contributed by atoms with E-state index in [9.17, 15) is 4.79 Å². The lowest BCUT2D eigenvalue weighted by molar-refractivity contribution is -0.126. The lowest BCUT2D eigenvalue weighted by atomic mass is 10.1. The maximum absolute atomic E-state index is 13.1. The van der Waals surface area contributed by atoms with Crippen LogP contribution in [0.15, 0.2) is 91.4 Å². The fourth-order valence-electron chi connectivity index (χ4n) is 5.45. The molecule has 0 unspecified atom stereocenters. The molecule has 218 valence electrons. The van der Waals surface area contributed by atoms with E-state index in [2.05, 4.69) is 27.8 Å². The molecule has 3 heterocycles. The first-order chi connectivity index (χ1) is 21.1. The van der Waals surface area contributed by atoms with Crippen LogP contribution < -0.4 is 19.1 Å². The summed E-state index contributed by atoms with van der Waals surface area (Å²) in [4.78, 5) is 26.7. The number of piperazine rings is 1. The number of ether oxygens (including phenoxy) is 3. The van der Waals surface area contributed by atoms with E-state index in [0.29, 0.717) is 37.7 Å². The van der Waals surface area contributed by atoms with Gasteiger partial charge in [0.15, 0.2) is 17.1 Å². The van der Waals surface area contributed by atoms with Crippen molar-refractivity contribution in [3.63, 3.8) is 0 Å². The van der Waals surface area contributed by atoms with Crippen LogP contribution in [0.1, 0.15) is 5.56 Å². The van der Waals surface area contributed by atoms with Gasteiger partial charge in [0.1, 0.15) is 17.9 Å². The minimum atomic E-state index is -0.0311. The Kier molecular flexibility index (Phi) is 7.95. The maximum atomic E-state index is 13.1. The highest BCUT2D eigenvalue weighted by molar-refractivity contribution is 6.02. The number of fused-ring (bicyclic) bond motifs is 1. The van der Waals surface area contributed by atoms with Gasteiger partial charge in [-0.2, -0.15) is 0 Å². The number of hydrogen-bond acceptors (Lipinski definition) is 7. The molecule has 0 spiro atoms. The number of amides is 1. The van der Waals surface area contributed by atoms with Crippen molar-refractivity contribution >= 4 is 28.8 Å². The van der Waals surface area contributed by atoms with E-state index in [1.165, 1.54) is 0 Å². The van der Waals surface area contributed by atoms with Crippen molar-refractivity contribution in [1.82, 2.24) is 19.4 Å². The highest BCUT2D eigenvalue weighted by Gasteiger charge is 2.25. The average molecular weight is 576 g/mol. The Morgan fingerprint density at radius 3 is 2.35 bits per heavy atom. The van der Waals surface area contributed by atoms with E-state index in [0.717, 1.165) is 45.0 Å². The van der Waals surface area contributed by atoms with Crippen molar-refractivity contribution in [1.29, 1.82) is 0 Å². The van der Waals surface area contributed by atoms with Crippen LogP contribution in [0.5, 0.6) is 17.2 Å². The molecule has 43 heavy (non-hydrogen) atoms. The molecule has 1 fully saturated rings. The van der Waals surface area contributed by atoms with E-state index in [-0.39, 0.29) is 5.91 Å². The monoisotopic (exact) mass is 575 g/mol. The first kappa shape index (κ1) is 27.8. The van der Waals surface area contributed by atoms with Gasteiger partial charge in [-0.05, 0) is 41.5 Å². The molecule has 0 bridgehead atoms. The number of hydrogen-bond donors (Lipinski definition) is 0. The maximum Gasteiger partial charge on any atom is 0.246 e. The first-order valence-corrected chi connectivity index (χ1v) is 14.1. The molecule has 1 amide bonds. The van der Waals surface area contributed by atoms with Crippen molar-refractivity contribution in [2.75, 3.05) is 52.4 Å². The molecule has 0 aliphatic carbocycles. The predicted molar refractivity (Wildman–Crippen MR) is 168 cm³/mol. The molecule has 2 aromatic heterocycles. The molecule has 6 rings (SSSR count). The molecule has 9 heteroatoms. The summed E-state index contributed by atoms with van der Waals surface area (Å²) in [5.41, 5.74) is 4.76. The van der Waals surface area contributed by atoms with Gasteiger partial charge in [0.25, 0.3) is 0 Å². The summed E-state index contributed by atoms with van der Waals surface area (Å²) in [5.74, 6) is 2.87. The Morgan fingerprint density at radius 2 is 1.60 bits per heavy atom. The molecule has 9 nitrogen and oxygen atoms in total. The number of benzene rings is 3. The van der Waals surface area contributed by atoms with E-state index in [1.807, 2.05) is 65.6 Å². The number of nitrogens with zero attached hydrogens (tertiary/aromatic N) is 5. The molecule has 1 saturated heterocycles. The molecular formula is C34H33N5O4. The summed E-state index contributed by atoms with van der Waals surface area (Å²) in [6.45, 7) is 2.47. The lowest BCUT2D eigenvalue weighted by Gasteiger charge is -2.35. The van der Waals surface area contributed by atoms with Gasteiger partial charge >= 0.3 is 0 Å². The van der Waals surface area contributed by atoms with Gasteiger partial charge in [-0.1, -0.05) is 42.5 Å². The molecule has 0 radical (unpaired) electrons. The van der Waals surface area contributed by atoms with Crippen LogP contribution in [0.3, 0.4) is 0 Å². The van der Waals surface area contributed by atoms with E-state index in [4.69, 9.17) is 24.2 Å². The van der Waals surface area contributed by atoms with Crippen molar-refractivity contribution < 1.29 is 19.0 Å². The van der Waals surface area contributed by atoms with E-state index < -0.39 is 0 Å². The summed E-state index contributed by atoms with van der Waals surface area (Å²) in [5, 5.41) is 0.977. The first-order valence-electron chi connectivity index (χ1n) is 14.1. The van der Waals surface area contributed by atoms with Crippen molar-refractivity contribution in [3.05, 3.63) is 97.0 Å². The fraction of sp³-hybridized carbons (Fsp3) is 0.206. The number of aromatic nitrogens is 3. The lowest BCUT2D eigenvalue weighted by Crippen LogP contribution is -2.48. The topological polar surface area (TPSA) is 82.0 Å². The summed E-state index contributed by atoms with van der Waals surface area (Å²) >= 11 is 0. The fourth-order valence-corrected chi connectivity index (χ4v) is 5.45. The minimum Gasteiger partial charge on any atom is -0.497 e. The number of rotatable bonds is 8. The molecule has 5 aromatic rings. The van der Waals surface area contributed by atoms with Gasteiger partial charge in [-0.3, -0.25) is 4.79 Å². The Hall–Kier alpha value is -5.31. The third kappa shape index (κ3) is 5.61. The normalized spacial score (nSPS) is 13.5. The van der Waals surface area contributed by atoms with Crippen LogP contribution in [0.2, 0.25) is 0 Å². The van der Waals surface area contributed by atoms with Crippen LogP contribution in [0, 0.1) is 0 Å².